The second-order valence-electron chi connectivity index (χ2n) is 6.42. The Morgan fingerprint density at radius 3 is 2.71 bits per heavy atom. The zero-order chi connectivity index (χ0) is 19.8. The van der Waals surface area contributed by atoms with Gasteiger partial charge in [0, 0.05) is 17.7 Å². The van der Waals surface area contributed by atoms with E-state index in [-0.39, 0.29) is 23.0 Å². The summed E-state index contributed by atoms with van der Waals surface area (Å²) in [5, 5.41) is 18.7. The Balaban J connectivity index is 1.93. The van der Waals surface area contributed by atoms with Crippen LogP contribution < -0.4 is 10.6 Å². The molecule has 1 atom stereocenters. The van der Waals surface area contributed by atoms with E-state index in [9.17, 15) is 14.4 Å². The number of nitrogens with two attached hydrogens (primary N) is 1. The number of ketones is 1. The normalized spacial score (nSPS) is 19.7. The number of rotatable bonds is 3. The van der Waals surface area contributed by atoms with Gasteiger partial charge in [-0.3, -0.25) is 9.69 Å². The van der Waals surface area contributed by atoms with E-state index in [0.29, 0.717) is 35.5 Å². The van der Waals surface area contributed by atoms with Gasteiger partial charge in [-0.05, 0) is 36.8 Å². The number of hydrogen-bond donors (Lipinski definition) is 1. The van der Waals surface area contributed by atoms with Crippen molar-refractivity contribution in [3.8, 4) is 6.07 Å². The monoisotopic (exact) mass is 413 g/mol. The Kier molecular flexibility index (Phi) is 4.91. The molecule has 1 aromatic carbocycles. The quantitative estimate of drug-likeness (QED) is 0.766. The molecule has 4 rings (SSSR count). The number of hydrogen-bond acceptors (Lipinski definition) is 8. The third kappa shape index (κ3) is 2.99. The van der Waals surface area contributed by atoms with Gasteiger partial charge in [-0.2, -0.15) is 5.26 Å². The van der Waals surface area contributed by atoms with Crippen molar-refractivity contribution in [3.63, 3.8) is 0 Å². The first-order valence-corrected chi connectivity index (χ1v) is 10.7. The summed E-state index contributed by atoms with van der Waals surface area (Å²) >= 11 is 2.83. The van der Waals surface area contributed by atoms with E-state index >= 15 is 0 Å². The van der Waals surface area contributed by atoms with E-state index in [1.165, 1.54) is 35.2 Å². The Morgan fingerprint density at radius 1 is 1.32 bits per heavy atom. The van der Waals surface area contributed by atoms with E-state index in [0.717, 1.165) is 10.0 Å². The van der Waals surface area contributed by atoms with Crippen molar-refractivity contribution >= 4 is 34.0 Å². The maximum absolute atomic E-state index is 13.4. The molecule has 0 amide bonds. The molecule has 1 aliphatic carbocycles. The van der Waals surface area contributed by atoms with Crippen LogP contribution in [0.1, 0.15) is 30.7 Å². The van der Waals surface area contributed by atoms with Crippen LogP contribution in [0, 0.1) is 17.1 Å². The summed E-state index contributed by atoms with van der Waals surface area (Å²) in [6.07, 6.45) is 3.66. The summed E-state index contributed by atoms with van der Waals surface area (Å²) in [5.74, 6) is -0.749. The van der Waals surface area contributed by atoms with Gasteiger partial charge in [-0.15, -0.1) is 10.2 Å². The van der Waals surface area contributed by atoms with Crippen LogP contribution in [-0.2, 0) is 4.79 Å². The molecule has 1 aliphatic heterocycles. The molecule has 2 aliphatic rings. The standard InChI is InChI=1S/C19H16FN5OS2/c1-27-19-24-23-18(28-19)25-13-3-2-4-14(26)16(13)15(12(9-21)17(25)22)10-5-7-11(20)8-6-10/h5-8,15H,2-4,22H2,1H3. The van der Waals surface area contributed by atoms with Crippen LogP contribution in [-0.4, -0.2) is 22.2 Å². The fourth-order valence-corrected chi connectivity index (χ4v) is 4.97. The molecule has 0 saturated carbocycles. The van der Waals surface area contributed by atoms with E-state index < -0.39 is 5.92 Å². The molecule has 1 unspecified atom stereocenters. The van der Waals surface area contributed by atoms with E-state index in [1.807, 2.05) is 6.26 Å². The van der Waals surface area contributed by atoms with Crippen LogP contribution in [0.4, 0.5) is 9.52 Å². The smallest absolute Gasteiger partial charge is 0.219 e. The van der Waals surface area contributed by atoms with E-state index in [4.69, 9.17) is 5.73 Å². The van der Waals surface area contributed by atoms with Crippen molar-refractivity contribution in [2.75, 3.05) is 11.2 Å². The first kappa shape index (κ1) is 18.7. The highest BCUT2D eigenvalue weighted by atomic mass is 32.2. The highest BCUT2D eigenvalue weighted by Crippen LogP contribution is 2.46. The molecule has 0 bridgehead atoms. The Bertz CT molecular complexity index is 1050. The number of Topliss-reactive ketones (excluding diaryl/α,β-unsaturated/α-hetero) is 1. The number of carbonyl (C=O) groups is 1. The highest BCUT2D eigenvalue weighted by Gasteiger charge is 2.41. The number of aromatic nitrogens is 2. The molecule has 2 N–H and O–H groups in total. The topological polar surface area (TPSA) is 95.9 Å². The molecular formula is C19H16FN5OS2. The number of thioether (sulfide) groups is 1. The predicted molar refractivity (Wildman–Crippen MR) is 106 cm³/mol. The third-order valence-electron chi connectivity index (χ3n) is 4.88. The molecule has 0 saturated heterocycles. The lowest BCUT2D eigenvalue weighted by atomic mass is 9.76. The van der Waals surface area contributed by atoms with Crippen molar-refractivity contribution in [1.82, 2.24) is 10.2 Å². The molecule has 2 heterocycles. The van der Waals surface area contributed by atoms with Gasteiger partial charge in [0.15, 0.2) is 10.1 Å². The molecule has 0 spiro atoms. The number of halogens is 1. The Morgan fingerprint density at radius 2 is 2.07 bits per heavy atom. The summed E-state index contributed by atoms with van der Waals surface area (Å²) in [6, 6.07) is 8.04. The predicted octanol–water partition coefficient (Wildman–Crippen LogP) is 3.70. The van der Waals surface area contributed by atoms with Crippen LogP contribution in [0.25, 0.3) is 0 Å². The van der Waals surface area contributed by atoms with E-state index in [2.05, 4.69) is 16.3 Å². The average Bonchev–Trinajstić information content (AvgIpc) is 3.17. The summed E-state index contributed by atoms with van der Waals surface area (Å²) < 4.78 is 14.2. The third-order valence-corrected chi connectivity index (χ3v) is 6.76. The van der Waals surface area contributed by atoms with Gasteiger partial charge in [-0.25, -0.2) is 4.39 Å². The lowest BCUT2D eigenvalue weighted by Gasteiger charge is -2.38. The molecule has 6 nitrogen and oxygen atoms in total. The minimum atomic E-state index is -0.599. The van der Waals surface area contributed by atoms with Crippen LogP contribution >= 0.6 is 23.1 Å². The lowest BCUT2D eigenvalue weighted by molar-refractivity contribution is -0.116. The molecule has 9 heteroatoms. The van der Waals surface area contributed by atoms with Crippen molar-refractivity contribution < 1.29 is 9.18 Å². The fraction of sp³-hybridized carbons (Fsp3) is 0.263. The van der Waals surface area contributed by atoms with Crippen molar-refractivity contribution in [2.45, 2.75) is 29.5 Å². The second kappa shape index (κ2) is 7.37. The summed E-state index contributed by atoms with van der Waals surface area (Å²) in [7, 11) is 0. The molecule has 2 aromatic rings. The van der Waals surface area contributed by atoms with E-state index in [1.54, 1.807) is 17.0 Å². The number of allylic oxidation sites excluding steroid dienone is 3. The van der Waals surface area contributed by atoms with Crippen LogP contribution in [0.2, 0.25) is 0 Å². The SMILES string of the molecule is CSc1nnc(N2C(N)=C(C#N)C(c3ccc(F)cc3)C3=C2CCCC3=O)s1. The molecular weight excluding hydrogens is 397 g/mol. The van der Waals surface area contributed by atoms with Gasteiger partial charge in [-0.1, -0.05) is 35.2 Å². The molecule has 1 aromatic heterocycles. The average molecular weight is 414 g/mol. The number of benzene rings is 1. The van der Waals surface area contributed by atoms with Gasteiger partial charge in [0.2, 0.25) is 5.13 Å². The number of nitriles is 1. The van der Waals surface area contributed by atoms with Gasteiger partial charge in [0.25, 0.3) is 0 Å². The largest absolute Gasteiger partial charge is 0.384 e. The van der Waals surface area contributed by atoms with Crippen LogP contribution in [0.15, 0.2) is 51.3 Å². The number of nitrogens with zero attached hydrogens (tertiary/aromatic N) is 4. The first-order valence-electron chi connectivity index (χ1n) is 8.64. The number of carbonyl (C=O) groups excluding carboxylic acids is 1. The minimum Gasteiger partial charge on any atom is -0.384 e. The molecule has 0 radical (unpaired) electrons. The van der Waals surface area contributed by atoms with Gasteiger partial charge in [0.1, 0.15) is 11.6 Å². The highest BCUT2D eigenvalue weighted by molar-refractivity contribution is 8.00. The second-order valence-corrected chi connectivity index (χ2v) is 8.43. The van der Waals surface area contributed by atoms with Crippen molar-refractivity contribution in [2.24, 2.45) is 5.73 Å². The van der Waals surface area contributed by atoms with Crippen LogP contribution in [0.5, 0.6) is 0 Å². The molecule has 0 fully saturated rings. The summed E-state index contributed by atoms with van der Waals surface area (Å²) in [5.41, 5.74) is 8.66. The van der Waals surface area contributed by atoms with Gasteiger partial charge in [0.05, 0.1) is 17.6 Å². The molecule has 142 valence electrons. The lowest BCUT2D eigenvalue weighted by Crippen LogP contribution is -2.38. The Hall–Kier alpha value is -2.70. The zero-order valence-electron chi connectivity index (χ0n) is 15.0. The van der Waals surface area contributed by atoms with Crippen molar-refractivity contribution in [1.29, 1.82) is 5.26 Å². The summed E-state index contributed by atoms with van der Waals surface area (Å²) in [6.45, 7) is 0. The maximum atomic E-state index is 13.4. The first-order chi connectivity index (χ1) is 13.5. The fourth-order valence-electron chi connectivity index (χ4n) is 3.67. The van der Waals surface area contributed by atoms with Crippen molar-refractivity contribution in [3.05, 3.63) is 58.3 Å². The number of anilines is 1. The van der Waals surface area contributed by atoms with Gasteiger partial charge < -0.3 is 5.73 Å². The van der Waals surface area contributed by atoms with Crippen LogP contribution in [0.3, 0.4) is 0 Å². The summed E-state index contributed by atoms with van der Waals surface area (Å²) in [4.78, 5) is 14.6. The Labute approximate surface area is 169 Å². The van der Waals surface area contributed by atoms with Gasteiger partial charge >= 0.3 is 0 Å². The minimum absolute atomic E-state index is 0.0181. The molecule has 28 heavy (non-hydrogen) atoms. The maximum Gasteiger partial charge on any atom is 0.219 e. The zero-order valence-corrected chi connectivity index (χ0v) is 16.6.